The predicted molar refractivity (Wildman–Crippen MR) is 79.0 cm³/mol. The normalized spacial score (nSPS) is 10.8. The highest BCUT2D eigenvalue weighted by Crippen LogP contribution is 2.25. The zero-order valence-electron chi connectivity index (χ0n) is 9.98. The van der Waals surface area contributed by atoms with E-state index < -0.39 is 0 Å². The van der Waals surface area contributed by atoms with Crippen molar-refractivity contribution in [3.05, 3.63) is 64.4 Å². The largest absolute Gasteiger partial charge is 0.381 e. The molecule has 0 aliphatic heterocycles. The van der Waals surface area contributed by atoms with Crippen LogP contribution < -0.4 is 5.32 Å². The number of hydrogen-bond donors (Lipinski definition) is 1. The monoisotopic (exact) mass is 291 g/mol. The Labute approximate surface area is 120 Å². The average Bonchev–Trinajstić information content (AvgIpc) is 2.83. The van der Waals surface area contributed by atoms with Crippen LogP contribution in [0.5, 0.6) is 0 Å². The molecule has 0 bridgehead atoms. The number of fused-ring (bicyclic) bond motifs is 1. The van der Waals surface area contributed by atoms with Crippen molar-refractivity contribution in [3.63, 3.8) is 0 Å². The Hall–Kier alpha value is -1.71. The van der Waals surface area contributed by atoms with Gasteiger partial charge in [-0.1, -0.05) is 29.3 Å². The van der Waals surface area contributed by atoms with E-state index in [2.05, 4.69) is 10.4 Å². The second-order valence-corrected chi connectivity index (χ2v) is 5.00. The molecular formula is C14H11Cl2N3. The number of aromatic nitrogens is 2. The number of anilines is 1. The van der Waals surface area contributed by atoms with Gasteiger partial charge in [-0.15, -0.1) is 0 Å². The Morgan fingerprint density at radius 3 is 2.84 bits per heavy atom. The van der Waals surface area contributed by atoms with Crippen molar-refractivity contribution in [1.82, 2.24) is 9.61 Å². The lowest BCUT2D eigenvalue weighted by atomic mass is 10.2. The summed E-state index contributed by atoms with van der Waals surface area (Å²) in [6.07, 6.45) is 3.79. The van der Waals surface area contributed by atoms with Crippen LogP contribution in [0.2, 0.25) is 10.0 Å². The summed E-state index contributed by atoms with van der Waals surface area (Å²) < 4.78 is 1.85. The molecule has 2 heterocycles. The van der Waals surface area contributed by atoms with Crippen LogP contribution >= 0.6 is 23.2 Å². The summed E-state index contributed by atoms with van der Waals surface area (Å²) in [7, 11) is 0. The van der Waals surface area contributed by atoms with Crippen molar-refractivity contribution >= 4 is 34.4 Å². The molecule has 0 radical (unpaired) electrons. The van der Waals surface area contributed by atoms with Crippen LogP contribution in [0.1, 0.15) is 5.56 Å². The molecule has 0 aliphatic carbocycles. The number of halogens is 2. The lowest BCUT2D eigenvalue weighted by Gasteiger charge is -2.06. The Kier molecular flexibility index (Phi) is 3.32. The van der Waals surface area contributed by atoms with Gasteiger partial charge in [0, 0.05) is 24.0 Å². The molecule has 0 saturated carbocycles. The number of nitrogens with one attached hydrogen (secondary N) is 1. The summed E-state index contributed by atoms with van der Waals surface area (Å²) in [5.74, 6) is 0. The van der Waals surface area contributed by atoms with Gasteiger partial charge in [-0.25, -0.2) is 4.52 Å². The van der Waals surface area contributed by atoms with Crippen LogP contribution in [0.15, 0.2) is 48.8 Å². The first kappa shape index (κ1) is 12.3. The molecule has 5 heteroatoms. The van der Waals surface area contributed by atoms with Crippen molar-refractivity contribution in [2.45, 2.75) is 6.54 Å². The number of nitrogens with zero attached hydrogens (tertiary/aromatic N) is 2. The maximum absolute atomic E-state index is 5.98. The third kappa shape index (κ3) is 2.53. The van der Waals surface area contributed by atoms with Crippen molar-refractivity contribution in [3.8, 4) is 0 Å². The first-order chi connectivity index (χ1) is 9.24. The van der Waals surface area contributed by atoms with Gasteiger partial charge < -0.3 is 5.32 Å². The van der Waals surface area contributed by atoms with Crippen molar-refractivity contribution in [1.29, 1.82) is 0 Å². The molecule has 0 unspecified atom stereocenters. The summed E-state index contributed by atoms with van der Waals surface area (Å²) in [5, 5.41) is 8.71. The zero-order chi connectivity index (χ0) is 13.2. The SMILES string of the molecule is Clc1ccc(NCc2cnn3ccccc23)cc1Cl. The molecule has 0 fully saturated rings. The fourth-order valence-electron chi connectivity index (χ4n) is 1.93. The molecule has 1 aromatic carbocycles. The zero-order valence-corrected chi connectivity index (χ0v) is 11.5. The number of hydrogen-bond acceptors (Lipinski definition) is 2. The molecular weight excluding hydrogens is 281 g/mol. The number of benzene rings is 1. The fourth-order valence-corrected chi connectivity index (χ4v) is 2.23. The summed E-state index contributed by atoms with van der Waals surface area (Å²) in [5.41, 5.74) is 3.16. The van der Waals surface area contributed by atoms with Gasteiger partial charge in [0.1, 0.15) is 0 Å². The van der Waals surface area contributed by atoms with E-state index in [0.29, 0.717) is 16.6 Å². The fraction of sp³-hybridized carbons (Fsp3) is 0.0714. The topological polar surface area (TPSA) is 29.3 Å². The predicted octanol–water partition coefficient (Wildman–Crippen LogP) is 4.25. The van der Waals surface area contributed by atoms with Gasteiger partial charge in [0.2, 0.25) is 0 Å². The molecule has 19 heavy (non-hydrogen) atoms. The van der Waals surface area contributed by atoms with Crippen LogP contribution in [-0.4, -0.2) is 9.61 Å². The van der Waals surface area contributed by atoms with E-state index in [1.54, 1.807) is 6.07 Å². The molecule has 3 nitrogen and oxygen atoms in total. The first-order valence-electron chi connectivity index (χ1n) is 5.84. The minimum atomic E-state index is 0.548. The van der Waals surface area contributed by atoms with Crippen molar-refractivity contribution < 1.29 is 0 Å². The second kappa shape index (κ2) is 5.11. The maximum atomic E-state index is 5.98. The van der Waals surface area contributed by atoms with E-state index >= 15 is 0 Å². The van der Waals surface area contributed by atoms with E-state index in [1.807, 2.05) is 47.2 Å². The van der Waals surface area contributed by atoms with Gasteiger partial charge in [0.25, 0.3) is 0 Å². The van der Waals surface area contributed by atoms with Crippen LogP contribution in [0.4, 0.5) is 5.69 Å². The molecule has 3 rings (SSSR count). The Balaban J connectivity index is 1.80. The molecule has 0 amide bonds. The minimum Gasteiger partial charge on any atom is -0.381 e. The molecule has 0 spiro atoms. The van der Waals surface area contributed by atoms with E-state index in [9.17, 15) is 0 Å². The Bertz CT molecular complexity index is 722. The highest BCUT2D eigenvalue weighted by atomic mass is 35.5. The molecule has 0 saturated heterocycles. The van der Waals surface area contributed by atoms with Gasteiger partial charge in [0.15, 0.2) is 0 Å². The van der Waals surface area contributed by atoms with E-state index in [0.717, 1.165) is 16.8 Å². The first-order valence-corrected chi connectivity index (χ1v) is 6.60. The third-order valence-corrected chi connectivity index (χ3v) is 3.65. The highest BCUT2D eigenvalue weighted by Gasteiger charge is 2.04. The molecule has 3 aromatic rings. The van der Waals surface area contributed by atoms with E-state index in [4.69, 9.17) is 23.2 Å². The molecule has 1 N–H and O–H groups in total. The second-order valence-electron chi connectivity index (χ2n) is 4.18. The standard InChI is InChI=1S/C14H11Cl2N3/c15-12-5-4-11(7-13(12)16)17-8-10-9-18-19-6-2-1-3-14(10)19/h1-7,9,17H,8H2. The minimum absolute atomic E-state index is 0.548. The smallest absolute Gasteiger partial charge is 0.0711 e. The third-order valence-electron chi connectivity index (χ3n) is 2.91. The molecule has 0 aliphatic rings. The Morgan fingerprint density at radius 1 is 1.11 bits per heavy atom. The van der Waals surface area contributed by atoms with E-state index in [-0.39, 0.29) is 0 Å². The van der Waals surface area contributed by atoms with Crippen LogP contribution in [-0.2, 0) is 6.54 Å². The van der Waals surface area contributed by atoms with Gasteiger partial charge in [-0.05, 0) is 30.3 Å². The summed E-state index contributed by atoms with van der Waals surface area (Å²) in [4.78, 5) is 0. The van der Waals surface area contributed by atoms with Crippen LogP contribution in [0.3, 0.4) is 0 Å². The quantitative estimate of drug-likeness (QED) is 0.781. The summed E-state index contributed by atoms with van der Waals surface area (Å²) >= 11 is 11.9. The van der Waals surface area contributed by atoms with Gasteiger partial charge in [-0.2, -0.15) is 5.10 Å². The van der Waals surface area contributed by atoms with Gasteiger partial charge in [0.05, 0.1) is 21.8 Å². The highest BCUT2D eigenvalue weighted by molar-refractivity contribution is 6.42. The lowest BCUT2D eigenvalue weighted by Crippen LogP contribution is -1.98. The van der Waals surface area contributed by atoms with Crippen LogP contribution in [0.25, 0.3) is 5.52 Å². The number of rotatable bonds is 3. The van der Waals surface area contributed by atoms with Crippen LogP contribution in [0, 0.1) is 0 Å². The maximum Gasteiger partial charge on any atom is 0.0711 e. The van der Waals surface area contributed by atoms with Crippen molar-refractivity contribution in [2.75, 3.05) is 5.32 Å². The summed E-state index contributed by atoms with van der Waals surface area (Å²) in [6.45, 7) is 0.686. The van der Waals surface area contributed by atoms with E-state index in [1.165, 1.54) is 0 Å². The number of pyridine rings is 1. The summed E-state index contributed by atoms with van der Waals surface area (Å²) in [6, 6.07) is 11.5. The lowest BCUT2D eigenvalue weighted by molar-refractivity contribution is 0.961. The van der Waals surface area contributed by atoms with Gasteiger partial charge >= 0.3 is 0 Å². The average molecular weight is 292 g/mol. The molecule has 96 valence electrons. The molecule has 0 atom stereocenters. The van der Waals surface area contributed by atoms with Crippen molar-refractivity contribution in [2.24, 2.45) is 0 Å². The van der Waals surface area contributed by atoms with Gasteiger partial charge in [-0.3, -0.25) is 0 Å². The Morgan fingerprint density at radius 2 is 2.00 bits per heavy atom. The molecule has 2 aromatic heterocycles.